The molecule has 2 amide bonds. The minimum atomic E-state index is -1.91. The fourth-order valence-electron chi connectivity index (χ4n) is 5.90. The fraction of sp³-hybridized carbons (Fsp3) is 0.481. The summed E-state index contributed by atoms with van der Waals surface area (Å²) in [6.45, 7) is 5.10. The van der Waals surface area contributed by atoms with Crippen LogP contribution in [0.4, 0.5) is 16.2 Å². The number of halogens is 1. The molecular weight excluding hydrogens is 498 g/mol. The summed E-state index contributed by atoms with van der Waals surface area (Å²) in [4.78, 5) is 47.7. The van der Waals surface area contributed by atoms with E-state index in [9.17, 15) is 19.7 Å². The van der Waals surface area contributed by atoms with E-state index < -0.39 is 40.2 Å². The Morgan fingerprint density at radius 2 is 1.76 bits per heavy atom. The second kappa shape index (κ2) is 9.29. The topological polar surface area (TPSA) is 102 Å². The van der Waals surface area contributed by atoms with Crippen molar-refractivity contribution in [1.29, 1.82) is 0 Å². The molecule has 0 aromatic heterocycles. The number of amides is 2. The zero-order valence-corrected chi connectivity index (χ0v) is 21.8. The Bertz CT molecular complexity index is 1220. The minimum absolute atomic E-state index is 0.103. The number of hydroxylamine groups is 1. The highest BCUT2D eigenvalue weighted by Gasteiger charge is 2.74. The molecule has 37 heavy (non-hydrogen) atoms. The van der Waals surface area contributed by atoms with E-state index in [1.165, 1.54) is 5.06 Å². The van der Waals surface area contributed by atoms with Gasteiger partial charge in [0.15, 0.2) is 6.10 Å². The van der Waals surface area contributed by atoms with Crippen LogP contribution in [0.1, 0.15) is 58.4 Å². The summed E-state index contributed by atoms with van der Waals surface area (Å²) in [5.41, 5.74) is -1.77. The quantitative estimate of drug-likeness (QED) is 0.363. The van der Waals surface area contributed by atoms with Crippen LogP contribution in [0.5, 0.6) is 0 Å². The van der Waals surface area contributed by atoms with Crippen molar-refractivity contribution in [2.75, 3.05) is 9.96 Å². The maximum absolute atomic E-state index is 14.5. The maximum Gasteiger partial charge on any atom is 0.421 e. The van der Waals surface area contributed by atoms with Crippen molar-refractivity contribution < 1.29 is 24.1 Å². The van der Waals surface area contributed by atoms with Crippen molar-refractivity contribution in [3.63, 3.8) is 0 Å². The smallest absolute Gasteiger partial charge is 0.421 e. The maximum atomic E-state index is 14.5. The number of carbonyl (C=O) groups excluding carboxylic acids is 2. The van der Waals surface area contributed by atoms with Crippen LogP contribution in [0.3, 0.4) is 0 Å². The highest BCUT2D eigenvalue weighted by molar-refractivity contribution is 6.30. The number of nitro groups is 1. The van der Waals surface area contributed by atoms with Crippen molar-refractivity contribution in [3.8, 4) is 0 Å². The van der Waals surface area contributed by atoms with Gasteiger partial charge >= 0.3 is 6.09 Å². The molecule has 196 valence electrons. The van der Waals surface area contributed by atoms with Crippen LogP contribution in [-0.4, -0.2) is 34.7 Å². The van der Waals surface area contributed by atoms with Gasteiger partial charge in [-0.3, -0.25) is 19.7 Å². The predicted molar refractivity (Wildman–Crippen MR) is 138 cm³/mol. The third-order valence-electron chi connectivity index (χ3n) is 7.35. The van der Waals surface area contributed by atoms with Gasteiger partial charge in [0.1, 0.15) is 5.60 Å². The summed E-state index contributed by atoms with van der Waals surface area (Å²) in [5.74, 6) is -0.869. The summed E-state index contributed by atoms with van der Waals surface area (Å²) in [6.07, 6.45) is 2.74. The van der Waals surface area contributed by atoms with Crippen LogP contribution >= 0.6 is 11.6 Å². The number of imide groups is 1. The lowest BCUT2D eigenvalue weighted by Gasteiger charge is -2.33. The van der Waals surface area contributed by atoms with Gasteiger partial charge in [-0.05, 0) is 69.9 Å². The second-order valence-corrected chi connectivity index (χ2v) is 11.3. The first kappa shape index (κ1) is 25.5. The zero-order valence-electron chi connectivity index (χ0n) is 21.1. The molecule has 5 rings (SSSR count). The van der Waals surface area contributed by atoms with Gasteiger partial charge in [-0.1, -0.05) is 49.1 Å². The van der Waals surface area contributed by atoms with Gasteiger partial charge in [0.05, 0.1) is 11.4 Å². The molecule has 2 heterocycles. The number of carbonyl (C=O) groups is 2. The van der Waals surface area contributed by atoms with Gasteiger partial charge in [-0.15, -0.1) is 0 Å². The molecule has 9 nitrogen and oxygen atoms in total. The van der Waals surface area contributed by atoms with Crippen molar-refractivity contribution in [2.45, 2.75) is 76.2 Å². The first-order chi connectivity index (χ1) is 17.6. The average Bonchev–Trinajstić information content (AvgIpc) is 3.33. The van der Waals surface area contributed by atoms with Gasteiger partial charge in [0.25, 0.3) is 11.9 Å². The van der Waals surface area contributed by atoms with Crippen LogP contribution < -0.4 is 9.96 Å². The van der Waals surface area contributed by atoms with E-state index in [0.717, 1.165) is 37.0 Å². The molecule has 0 N–H and O–H groups in total. The monoisotopic (exact) mass is 527 g/mol. The van der Waals surface area contributed by atoms with Crippen LogP contribution in [0.2, 0.25) is 5.02 Å². The Hall–Kier alpha value is -3.17. The molecule has 1 saturated heterocycles. The molecule has 3 atom stereocenters. The van der Waals surface area contributed by atoms with Gasteiger partial charge in [-0.2, -0.15) is 0 Å². The molecule has 2 fully saturated rings. The Kier molecular flexibility index (Phi) is 6.40. The number of hydrogen-bond acceptors (Lipinski definition) is 7. The zero-order chi connectivity index (χ0) is 26.5. The predicted octanol–water partition coefficient (Wildman–Crippen LogP) is 5.86. The van der Waals surface area contributed by atoms with E-state index in [1.807, 2.05) is 0 Å². The standard InChI is InChI=1S/C27H30ClN3O6/c1-26(2,3)36-25(33)29-21-12-8-7-11-20(21)27(24(29)32)23(31(34)35)22(17-9-5-4-6-10-17)37-30(27)19-15-13-18(28)14-16-19/h7-8,11-17,22-23H,4-6,9-10H2,1-3H3/t22-,23-,27-/m0/s1. The number of nitrogens with zero attached hydrogens (tertiary/aromatic N) is 3. The fourth-order valence-corrected chi connectivity index (χ4v) is 6.02. The number of benzene rings is 2. The lowest BCUT2D eigenvalue weighted by molar-refractivity contribution is -0.536. The van der Waals surface area contributed by atoms with E-state index in [1.54, 1.807) is 69.3 Å². The molecular formula is C27H30ClN3O6. The molecule has 1 saturated carbocycles. The molecule has 10 heteroatoms. The normalized spacial score (nSPS) is 26.0. The lowest BCUT2D eigenvalue weighted by Crippen LogP contribution is -2.59. The Labute approximate surface area is 220 Å². The first-order valence-corrected chi connectivity index (χ1v) is 13.0. The molecule has 2 aromatic carbocycles. The number of para-hydroxylation sites is 1. The van der Waals surface area contributed by atoms with Crippen molar-refractivity contribution in [3.05, 3.63) is 69.2 Å². The Balaban J connectivity index is 1.73. The highest BCUT2D eigenvalue weighted by atomic mass is 35.5. The van der Waals surface area contributed by atoms with Gasteiger partial charge in [0, 0.05) is 15.5 Å². The van der Waals surface area contributed by atoms with Crippen molar-refractivity contribution in [2.24, 2.45) is 5.92 Å². The summed E-state index contributed by atoms with van der Waals surface area (Å²) >= 11 is 6.13. The van der Waals surface area contributed by atoms with Crippen LogP contribution in [-0.2, 0) is 19.9 Å². The molecule has 0 bridgehead atoms. The molecule has 2 aliphatic heterocycles. The van der Waals surface area contributed by atoms with Crippen LogP contribution in [0.25, 0.3) is 0 Å². The van der Waals surface area contributed by atoms with E-state index >= 15 is 0 Å². The number of rotatable bonds is 3. The SMILES string of the molecule is CC(C)(C)OC(=O)N1C(=O)[C@]2(c3ccccc31)[C@@H]([N+](=O)[O-])[C@H](C1CCCCC1)ON2c1ccc(Cl)cc1. The number of ether oxygens (including phenoxy) is 1. The summed E-state index contributed by atoms with van der Waals surface area (Å²) in [6, 6.07) is 11.8. The number of hydrogen-bond donors (Lipinski definition) is 0. The van der Waals surface area contributed by atoms with Crippen molar-refractivity contribution in [1.82, 2.24) is 0 Å². The molecule has 1 aliphatic carbocycles. The lowest BCUT2D eigenvalue weighted by atomic mass is 9.75. The minimum Gasteiger partial charge on any atom is -0.443 e. The van der Waals surface area contributed by atoms with Crippen LogP contribution in [0.15, 0.2) is 48.5 Å². The molecule has 3 aliphatic rings. The first-order valence-electron chi connectivity index (χ1n) is 12.6. The highest BCUT2D eigenvalue weighted by Crippen LogP contribution is 2.55. The summed E-state index contributed by atoms with van der Waals surface area (Å²) in [5, 5.41) is 14.7. The molecule has 1 spiro atoms. The molecule has 0 unspecified atom stereocenters. The molecule has 0 radical (unpaired) electrons. The summed E-state index contributed by atoms with van der Waals surface area (Å²) < 4.78 is 5.57. The third-order valence-corrected chi connectivity index (χ3v) is 7.60. The van der Waals surface area contributed by atoms with Gasteiger partial charge in [0.2, 0.25) is 5.54 Å². The largest absolute Gasteiger partial charge is 0.443 e. The van der Waals surface area contributed by atoms with E-state index in [2.05, 4.69) is 0 Å². The Morgan fingerprint density at radius 1 is 1.11 bits per heavy atom. The third kappa shape index (κ3) is 4.14. The number of fused-ring (bicyclic) bond motifs is 2. The molecule has 2 aromatic rings. The van der Waals surface area contributed by atoms with Crippen molar-refractivity contribution >= 4 is 35.0 Å². The van der Waals surface area contributed by atoms with Gasteiger partial charge < -0.3 is 4.74 Å². The average molecular weight is 528 g/mol. The van der Waals surface area contributed by atoms with E-state index in [0.29, 0.717) is 16.3 Å². The summed E-state index contributed by atoms with van der Waals surface area (Å²) in [7, 11) is 0. The van der Waals surface area contributed by atoms with Gasteiger partial charge in [-0.25, -0.2) is 14.8 Å². The number of anilines is 2. The van der Waals surface area contributed by atoms with Crippen LogP contribution in [0, 0.1) is 16.0 Å². The van der Waals surface area contributed by atoms with E-state index in [-0.39, 0.29) is 11.6 Å². The van der Waals surface area contributed by atoms with E-state index in [4.69, 9.17) is 21.2 Å². The second-order valence-electron chi connectivity index (χ2n) is 10.9. The Morgan fingerprint density at radius 3 is 2.38 bits per heavy atom.